The van der Waals surface area contributed by atoms with Crippen LogP contribution in [-0.4, -0.2) is 31.3 Å². The van der Waals surface area contributed by atoms with Crippen LogP contribution in [0.25, 0.3) is 0 Å². The molecule has 0 radical (unpaired) electrons. The van der Waals surface area contributed by atoms with Gasteiger partial charge in [0.05, 0.1) is 10.9 Å². The molecule has 1 saturated heterocycles. The van der Waals surface area contributed by atoms with Crippen molar-refractivity contribution in [3.05, 3.63) is 53.2 Å². The number of hydrogen-bond donors (Lipinski definition) is 1. The van der Waals surface area contributed by atoms with Crippen LogP contribution >= 0.6 is 0 Å². The van der Waals surface area contributed by atoms with E-state index in [1.165, 1.54) is 0 Å². The molecule has 0 spiro atoms. The molecule has 0 bridgehead atoms. The molecule has 1 aliphatic heterocycles. The molecular formula is C18H23N3O2S. The van der Waals surface area contributed by atoms with Crippen molar-refractivity contribution in [3.8, 4) is 0 Å². The van der Waals surface area contributed by atoms with Crippen molar-refractivity contribution in [2.24, 2.45) is 0 Å². The van der Waals surface area contributed by atoms with Crippen molar-refractivity contribution in [3.63, 3.8) is 0 Å². The maximum absolute atomic E-state index is 13.0. The smallest absolute Gasteiger partial charge is 0.243 e. The van der Waals surface area contributed by atoms with Gasteiger partial charge in [-0.2, -0.15) is 4.31 Å². The first-order valence-electron chi connectivity index (χ1n) is 8.16. The number of aryl methyl sites for hydroxylation is 2. The Bertz CT molecular complexity index is 832. The summed E-state index contributed by atoms with van der Waals surface area (Å²) < 4.78 is 27.7. The Hall–Kier alpha value is -1.92. The molecule has 128 valence electrons. The molecule has 0 amide bonds. The number of benzene rings is 1. The van der Waals surface area contributed by atoms with Crippen LogP contribution in [0.4, 0.5) is 5.82 Å². The molecule has 1 aromatic carbocycles. The van der Waals surface area contributed by atoms with E-state index in [2.05, 4.69) is 10.3 Å². The average Bonchev–Trinajstić information content (AvgIpc) is 3.05. The summed E-state index contributed by atoms with van der Waals surface area (Å²) in [5.41, 5.74) is 3.03. The zero-order chi connectivity index (χ0) is 17.3. The predicted octanol–water partition coefficient (Wildman–Crippen LogP) is 3.27. The van der Waals surface area contributed by atoms with E-state index in [0.717, 1.165) is 35.3 Å². The number of rotatable bonds is 4. The first-order chi connectivity index (χ1) is 11.4. The lowest BCUT2D eigenvalue weighted by Crippen LogP contribution is -2.30. The van der Waals surface area contributed by atoms with Crippen LogP contribution in [0.1, 0.15) is 35.6 Å². The van der Waals surface area contributed by atoms with Gasteiger partial charge in [0.15, 0.2) is 0 Å². The van der Waals surface area contributed by atoms with E-state index < -0.39 is 10.0 Å². The van der Waals surface area contributed by atoms with Crippen LogP contribution in [0.2, 0.25) is 0 Å². The Morgan fingerprint density at radius 2 is 1.92 bits per heavy atom. The van der Waals surface area contributed by atoms with E-state index in [9.17, 15) is 8.42 Å². The largest absolute Gasteiger partial charge is 0.373 e. The monoisotopic (exact) mass is 345 g/mol. The first-order valence-corrected chi connectivity index (χ1v) is 9.60. The van der Waals surface area contributed by atoms with Crippen LogP contribution in [0, 0.1) is 13.8 Å². The van der Waals surface area contributed by atoms with Gasteiger partial charge in [-0.05, 0) is 56.0 Å². The first kappa shape index (κ1) is 16.9. The van der Waals surface area contributed by atoms with Gasteiger partial charge in [-0.15, -0.1) is 0 Å². The Labute approximate surface area is 143 Å². The quantitative estimate of drug-likeness (QED) is 0.924. The highest BCUT2D eigenvalue weighted by atomic mass is 32.2. The summed E-state index contributed by atoms with van der Waals surface area (Å²) in [6.07, 6.45) is 3.47. The summed E-state index contributed by atoms with van der Waals surface area (Å²) in [6.45, 7) is 4.48. The number of aromatic nitrogens is 1. The van der Waals surface area contributed by atoms with Gasteiger partial charge in [-0.3, -0.25) is 0 Å². The third-order valence-electron chi connectivity index (χ3n) is 4.55. The lowest BCUT2D eigenvalue weighted by Gasteiger charge is -2.25. The summed E-state index contributed by atoms with van der Waals surface area (Å²) >= 11 is 0. The summed E-state index contributed by atoms with van der Waals surface area (Å²) in [5.74, 6) is 0.824. The minimum absolute atomic E-state index is 0.145. The topological polar surface area (TPSA) is 62.3 Å². The van der Waals surface area contributed by atoms with Crippen molar-refractivity contribution in [2.75, 3.05) is 18.9 Å². The highest BCUT2D eigenvalue weighted by molar-refractivity contribution is 7.89. The minimum Gasteiger partial charge on any atom is -0.373 e. The lowest BCUT2D eigenvalue weighted by molar-refractivity contribution is 0.396. The number of hydrogen-bond acceptors (Lipinski definition) is 4. The van der Waals surface area contributed by atoms with Crippen LogP contribution in [-0.2, 0) is 10.0 Å². The summed E-state index contributed by atoms with van der Waals surface area (Å²) in [5, 5.41) is 3.04. The Morgan fingerprint density at radius 1 is 1.21 bits per heavy atom. The molecular weight excluding hydrogens is 322 g/mol. The number of anilines is 1. The van der Waals surface area contributed by atoms with Gasteiger partial charge in [-0.25, -0.2) is 13.4 Å². The van der Waals surface area contributed by atoms with Crippen molar-refractivity contribution >= 4 is 15.8 Å². The maximum atomic E-state index is 13.0. The second kappa shape index (κ2) is 6.53. The van der Waals surface area contributed by atoms with Crippen molar-refractivity contribution < 1.29 is 8.42 Å². The van der Waals surface area contributed by atoms with Gasteiger partial charge >= 0.3 is 0 Å². The van der Waals surface area contributed by atoms with E-state index in [0.29, 0.717) is 11.4 Å². The molecule has 0 aliphatic carbocycles. The zero-order valence-electron chi connectivity index (χ0n) is 14.3. The summed E-state index contributed by atoms with van der Waals surface area (Å²) in [7, 11) is -1.66. The molecule has 3 rings (SSSR count). The van der Waals surface area contributed by atoms with Crippen LogP contribution < -0.4 is 5.32 Å². The van der Waals surface area contributed by atoms with Gasteiger partial charge in [0.1, 0.15) is 5.82 Å². The number of nitrogens with one attached hydrogen (secondary N) is 1. The number of sulfonamides is 1. The number of nitrogens with zero attached hydrogens (tertiary/aromatic N) is 2. The van der Waals surface area contributed by atoms with E-state index in [-0.39, 0.29) is 6.04 Å². The third-order valence-corrected chi connectivity index (χ3v) is 6.47. The van der Waals surface area contributed by atoms with E-state index >= 15 is 0 Å². The molecule has 1 unspecified atom stereocenters. The highest BCUT2D eigenvalue weighted by Gasteiger charge is 2.36. The van der Waals surface area contributed by atoms with E-state index in [1.54, 1.807) is 22.6 Å². The van der Waals surface area contributed by atoms with Crippen molar-refractivity contribution in [1.29, 1.82) is 0 Å². The third kappa shape index (κ3) is 3.03. The van der Waals surface area contributed by atoms with Crippen LogP contribution in [0.3, 0.4) is 0 Å². The fourth-order valence-corrected chi connectivity index (χ4v) is 4.93. The standard InChI is InChI=1S/C18H23N3O2S/c1-13-6-8-16(9-7-13)24(22,23)21-10-4-5-17(21)15-11-14(2)18(19-3)20-12-15/h6-9,11-12,17H,4-5,10H2,1-3H3,(H,19,20). The molecule has 0 saturated carbocycles. The van der Waals surface area contributed by atoms with Crippen LogP contribution in [0.5, 0.6) is 0 Å². The molecule has 5 nitrogen and oxygen atoms in total. The van der Waals surface area contributed by atoms with E-state index in [1.807, 2.05) is 39.1 Å². The SMILES string of the molecule is CNc1ncc(C2CCCN2S(=O)(=O)c2ccc(C)cc2)cc1C. The Balaban J connectivity index is 1.95. The molecule has 2 heterocycles. The van der Waals surface area contributed by atoms with Gasteiger partial charge < -0.3 is 5.32 Å². The van der Waals surface area contributed by atoms with Crippen LogP contribution in [0.15, 0.2) is 41.4 Å². The number of pyridine rings is 1. The highest BCUT2D eigenvalue weighted by Crippen LogP contribution is 2.37. The fourth-order valence-electron chi connectivity index (χ4n) is 3.25. The fraction of sp³-hybridized carbons (Fsp3) is 0.389. The Kier molecular flexibility index (Phi) is 4.60. The van der Waals surface area contributed by atoms with Gasteiger partial charge in [0, 0.05) is 19.8 Å². The normalized spacial score (nSPS) is 18.7. The molecule has 6 heteroatoms. The predicted molar refractivity (Wildman–Crippen MR) is 95.6 cm³/mol. The lowest BCUT2D eigenvalue weighted by atomic mass is 10.1. The molecule has 1 N–H and O–H groups in total. The molecule has 1 aliphatic rings. The molecule has 1 atom stereocenters. The van der Waals surface area contributed by atoms with Crippen molar-refractivity contribution in [1.82, 2.24) is 9.29 Å². The van der Waals surface area contributed by atoms with E-state index in [4.69, 9.17) is 0 Å². The second-order valence-corrected chi connectivity index (χ2v) is 8.16. The molecule has 2 aromatic rings. The molecule has 24 heavy (non-hydrogen) atoms. The molecule has 1 fully saturated rings. The van der Waals surface area contributed by atoms with Crippen molar-refractivity contribution in [2.45, 2.75) is 37.6 Å². The summed E-state index contributed by atoms with van der Waals surface area (Å²) in [4.78, 5) is 4.77. The van der Waals surface area contributed by atoms with Gasteiger partial charge in [0.2, 0.25) is 10.0 Å². The second-order valence-electron chi connectivity index (χ2n) is 6.27. The summed E-state index contributed by atoms with van der Waals surface area (Å²) in [6, 6.07) is 8.94. The minimum atomic E-state index is -3.49. The average molecular weight is 345 g/mol. The zero-order valence-corrected chi connectivity index (χ0v) is 15.1. The maximum Gasteiger partial charge on any atom is 0.243 e. The molecule has 1 aromatic heterocycles. The van der Waals surface area contributed by atoms with Gasteiger partial charge in [-0.1, -0.05) is 17.7 Å². The van der Waals surface area contributed by atoms with Gasteiger partial charge in [0.25, 0.3) is 0 Å². The Morgan fingerprint density at radius 3 is 2.54 bits per heavy atom.